The van der Waals surface area contributed by atoms with Gasteiger partial charge in [0.1, 0.15) is 0 Å². The van der Waals surface area contributed by atoms with E-state index in [4.69, 9.17) is 32.7 Å². The number of anilines is 1. The van der Waals surface area contributed by atoms with Gasteiger partial charge in [-0.05, 0) is 42.0 Å². The average Bonchev–Trinajstić information content (AvgIpc) is 2.60. The number of nitrogens with one attached hydrogen (secondary N) is 1. The van der Waals surface area contributed by atoms with E-state index in [2.05, 4.69) is 5.32 Å². The first-order valence-corrected chi connectivity index (χ1v) is 8.18. The number of methoxy groups -OCH3 is 2. The molecule has 0 spiro atoms. The van der Waals surface area contributed by atoms with Crippen molar-refractivity contribution in [2.75, 3.05) is 19.5 Å². The van der Waals surface area contributed by atoms with Crippen molar-refractivity contribution in [3.05, 3.63) is 57.6 Å². The van der Waals surface area contributed by atoms with E-state index in [9.17, 15) is 18.0 Å². The second-order valence-electron chi connectivity index (χ2n) is 5.25. The molecule has 0 radical (unpaired) electrons. The second-order valence-corrected chi connectivity index (χ2v) is 6.07. The second kappa shape index (κ2) is 8.54. The lowest BCUT2D eigenvalue weighted by atomic mass is 10.1. The molecule has 2 rings (SSSR count). The minimum Gasteiger partial charge on any atom is -0.493 e. The monoisotopic (exact) mass is 419 g/mol. The molecule has 0 aliphatic rings. The van der Waals surface area contributed by atoms with Crippen molar-refractivity contribution in [3.63, 3.8) is 0 Å². The fourth-order valence-corrected chi connectivity index (χ4v) is 2.64. The van der Waals surface area contributed by atoms with E-state index in [-0.39, 0.29) is 15.7 Å². The van der Waals surface area contributed by atoms with Crippen LogP contribution in [0.15, 0.2) is 36.4 Å². The molecule has 0 aliphatic heterocycles. The Morgan fingerprint density at radius 1 is 1.07 bits per heavy atom. The predicted octanol–water partition coefficient (Wildman–Crippen LogP) is 5.68. The molecule has 1 N–H and O–H groups in total. The summed E-state index contributed by atoms with van der Waals surface area (Å²) in [6.07, 6.45) is -1.99. The quantitative estimate of drug-likeness (QED) is 0.634. The zero-order valence-corrected chi connectivity index (χ0v) is 15.7. The summed E-state index contributed by atoms with van der Waals surface area (Å²) in [6, 6.07) is 5.80. The third kappa shape index (κ3) is 5.30. The largest absolute Gasteiger partial charge is 0.493 e. The van der Waals surface area contributed by atoms with Crippen LogP contribution in [0.3, 0.4) is 0 Å². The fraction of sp³-hybridized carbons (Fsp3) is 0.167. The Kier molecular flexibility index (Phi) is 6.62. The molecule has 0 saturated heterocycles. The summed E-state index contributed by atoms with van der Waals surface area (Å²) < 4.78 is 48.6. The number of hydrogen-bond donors (Lipinski definition) is 1. The lowest BCUT2D eigenvalue weighted by molar-refractivity contribution is -0.137. The van der Waals surface area contributed by atoms with Crippen LogP contribution in [0.4, 0.5) is 18.9 Å². The lowest BCUT2D eigenvalue weighted by Gasteiger charge is -2.11. The number of carbonyl (C=O) groups excluding carboxylic acids is 1. The minimum atomic E-state index is -4.55. The molecule has 0 saturated carbocycles. The molecule has 0 bridgehead atoms. The zero-order valence-electron chi connectivity index (χ0n) is 14.2. The zero-order chi connectivity index (χ0) is 20.2. The molecule has 2 aromatic carbocycles. The summed E-state index contributed by atoms with van der Waals surface area (Å²) in [5, 5.41) is 2.57. The predicted molar refractivity (Wildman–Crippen MR) is 98.7 cm³/mol. The number of carbonyl (C=O) groups is 1. The summed E-state index contributed by atoms with van der Waals surface area (Å²) in [5.74, 6) is 0.0460. The van der Waals surface area contributed by atoms with Gasteiger partial charge < -0.3 is 14.8 Å². The first-order chi connectivity index (χ1) is 12.7. The Morgan fingerprint density at radius 2 is 1.78 bits per heavy atom. The number of benzene rings is 2. The fourth-order valence-electron chi connectivity index (χ4n) is 2.18. The van der Waals surface area contributed by atoms with E-state index in [0.717, 1.165) is 24.3 Å². The van der Waals surface area contributed by atoms with Crippen LogP contribution in [-0.4, -0.2) is 20.1 Å². The molecular weight excluding hydrogens is 406 g/mol. The molecular formula is C18H14Cl2F3NO3. The molecule has 2 aromatic rings. The SMILES string of the molecule is COc1cc(/C=C/C(=O)Nc2cc(C(F)(F)F)ccc2Cl)cc(Cl)c1OC. The van der Waals surface area contributed by atoms with E-state index in [1.807, 2.05) is 0 Å². The van der Waals surface area contributed by atoms with E-state index in [1.165, 1.54) is 20.3 Å². The number of ether oxygens (including phenoxy) is 2. The molecule has 4 nitrogen and oxygen atoms in total. The molecule has 0 aliphatic carbocycles. The van der Waals surface area contributed by atoms with Crippen LogP contribution < -0.4 is 14.8 Å². The molecule has 27 heavy (non-hydrogen) atoms. The first-order valence-electron chi connectivity index (χ1n) is 7.43. The molecule has 144 valence electrons. The van der Waals surface area contributed by atoms with Crippen LogP contribution in [0.2, 0.25) is 10.0 Å². The first kappa shape index (κ1) is 20.9. The highest BCUT2D eigenvalue weighted by Crippen LogP contribution is 2.36. The van der Waals surface area contributed by atoms with E-state index < -0.39 is 17.6 Å². The van der Waals surface area contributed by atoms with Crippen LogP contribution in [0, 0.1) is 0 Å². The van der Waals surface area contributed by atoms with E-state index >= 15 is 0 Å². The van der Waals surface area contributed by atoms with Gasteiger partial charge in [0.25, 0.3) is 0 Å². The van der Waals surface area contributed by atoms with Crippen molar-refractivity contribution < 1.29 is 27.4 Å². The maximum atomic E-state index is 12.8. The number of halogens is 5. The van der Waals surface area contributed by atoms with Gasteiger partial charge >= 0.3 is 6.18 Å². The molecule has 0 atom stereocenters. The Morgan fingerprint density at radius 3 is 2.37 bits per heavy atom. The Bertz CT molecular complexity index is 883. The Labute approximate surface area is 163 Å². The minimum absolute atomic E-state index is 0.0149. The van der Waals surface area contributed by atoms with Gasteiger partial charge in [-0.1, -0.05) is 23.2 Å². The molecule has 0 unspecified atom stereocenters. The van der Waals surface area contributed by atoms with Crippen LogP contribution in [-0.2, 0) is 11.0 Å². The molecule has 0 aromatic heterocycles. The Balaban J connectivity index is 2.20. The lowest BCUT2D eigenvalue weighted by Crippen LogP contribution is -2.11. The van der Waals surface area contributed by atoms with Crippen molar-refractivity contribution in [2.45, 2.75) is 6.18 Å². The van der Waals surface area contributed by atoms with Gasteiger partial charge in [0.15, 0.2) is 11.5 Å². The van der Waals surface area contributed by atoms with Crippen LogP contribution in [0.5, 0.6) is 11.5 Å². The standard InChI is InChI=1S/C18H14Cl2F3NO3/c1-26-15-8-10(7-13(20)17(15)27-2)3-6-16(25)24-14-9-11(18(21,22)23)4-5-12(14)19/h3-9H,1-2H3,(H,24,25)/b6-3+. The smallest absolute Gasteiger partial charge is 0.416 e. The highest BCUT2D eigenvalue weighted by molar-refractivity contribution is 6.34. The average molecular weight is 420 g/mol. The van der Waals surface area contributed by atoms with Crippen molar-refractivity contribution in [1.29, 1.82) is 0 Å². The number of alkyl halides is 3. The molecule has 0 fully saturated rings. The van der Waals surface area contributed by atoms with Gasteiger partial charge in [0.05, 0.1) is 35.5 Å². The highest BCUT2D eigenvalue weighted by Gasteiger charge is 2.31. The Hall–Kier alpha value is -2.38. The third-order valence-corrected chi connectivity index (χ3v) is 4.04. The van der Waals surface area contributed by atoms with Gasteiger partial charge in [-0.15, -0.1) is 0 Å². The van der Waals surface area contributed by atoms with Crippen molar-refractivity contribution in [2.24, 2.45) is 0 Å². The maximum absolute atomic E-state index is 12.8. The van der Waals surface area contributed by atoms with Crippen LogP contribution in [0.25, 0.3) is 6.08 Å². The van der Waals surface area contributed by atoms with Crippen molar-refractivity contribution >= 4 is 40.9 Å². The van der Waals surface area contributed by atoms with Crippen LogP contribution >= 0.6 is 23.2 Å². The van der Waals surface area contributed by atoms with Gasteiger partial charge in [-0.3, -0.25) is 4.79 Å². The maximum Gasteiger partial charge on any atom is 0.416 e. The topological polar surface area (TPSA) is 47.6 Å². The number of hydrogen-bond acceptors (Lipinski definition) is 3. The molecule has 1 amide bonds. The van der Waals surface area contributed by atoms with Gasteiger partial charge in [-0.2, -0.15) is 13.2 Å². The van der Waals surface area contributed by atoms with Gasteiger partial charge in [0, 0.05) is 6.08 Å². The van der Waals surface area contributed by atoms with E-state index in [0.29, 0.717) is 17.1 Å². The summed E-state index contributed by atoms with van der Waals surface area (Å²) in [4.78, 5) is 12.0. The van der Waals surface area contributed by atoms with E-state index in [1.54, 1.807) is 12.1 Å². The summed E-state index contributed by atoms with van der Waals surface area (Å²) in [7, 11) is 2.87. The number of amides is 1. The summed E-state index contributed by atoms with van der Waals surface area (Å²) >= 11 is 11.9. The van der Waals surface area contributed by atoms with Gasteiger partial charge in [0.2, 0.25) is 5.91 Å². The van der Waals surface area contributed by atoms with Crippen LogP contribution in [0.1, 0.15) is 11.1 Å². The summed E-state index contributed by atoms with van der Waals surface area (Å²) in [5.41, 5.74) is -0.535. The van der Waals surface area contributed by atoms with Crippen molar-refractivity contribution in [1.82, 2.24) is 0 Å². The highest BCUT2D eigenvalue weighted by atomic mass is 35.5. The molecule has 0 heterocycles. The van der Waals surface area contributed by atoms with Gasteiger partial charge in [-0.25, -0.2) is 0 Å². The normalized spacial score (nSPS) is 11.5. The summed E-state index contributed by atoms with van der Waals surface area (Å²) in [6.45, 7) is 0. The number of rotatable bonds is 5. The third-order valence-electron chi connectivity index (χ3n) is 3.43. The molecule has 9 heteroatoms. The van der Waals surface area contributed by atoms with Crippen molar-refractivity contribution in [3.8, 4) is 11.5 Å².